The van der Waals surface area contributed by atoms with Crippen molar-refractivity contribution in [3.05, 3.63) is 59.3 Å². The fraction of sp³-hybridized carbons (Fsp3) is 0.250. The number of nitrogens with zero attached hydrogens (tertiary/aromatic N) is 2. The van der Waals surface area contributed by atoms with Gasteiger partial charge < -0.3 is 14.8 Å². The molecule has 0 bridgehead atoms. The number of ether oxygens (including phenoxy) is 2. The molecule has 1 aromatic heterocycles. The average Bonchev–Trinajstić information content (AvgIpc) is 3.02. The lowest BCUT2D eigenvalue weighted by Gasteiger charge is -2.30. The van der Waals surface area contributed by atoms with Gasteiger partial charge in [0.1, 0.15) is 0 Å². The second kappa shape index (κ2) is 5.84. The Hall–Kier alpha value is -2.95. The Bertz CT molecular complexity index is 946. The predicted molar refractivity (Wildman–Crippen MR) is 98.4 cm³/mol. The van der Waals surface area contributed by atoms with Crippen molar-refractivity contribution in [3.63, 3.8) is 0 Å². The molecule has 1 aliphatic heterocycles. The summed E-state index contributed by atoms with van der Waals surface area (Å²) in [5.41, 5.74) is 6.55. The fourth-order valence-electron chi connectivity index (χ4n) is 3.46. The van der Waals surface area contributed by atoms with Gasteiger partial charge in [0.2, 0.25) is 0 Å². The largest absolute Gasteiger partial charge is 0.493 e. The van der Waals surface area contributed by atoms with Crippen molar-refractivity contribution >= 4 is 5.69 Å². The van der Waals surface area contributed by atoms with E-state index in [4.69, 9.17) is 14.6 Å². The molecule has 0 spiro atoms. The Labute approximate surface area is 147 Å². The summed E-state index contributed by atoms with van der Waals surface area (Å²) in [7, 11) is 3.31. The molecule has 0 aliphatic carbocycles. The van der Waals surface area contributed by atoms with Crippen LogP contribution in [0.5, 0.6) is 11.5 Å². The second-order valence-corrected chi connectivity index (χ2v) is 6.29. The highest BCUT2D eigenvalue weighted by Crippen LogP contribution is 2.43. The van der Waals surface area contributed by atoms with Gasteiger partial charge in [0, 0.05) is 16.8 Å². The minimum atomic E-state index is -0.163. The van der Waals surface area contributed by atoms with Crippen molar-refractivity contribution in [1.29, 1.82) is 0 Å². The lowest BCUT2D eigenvalue weighted by atomic mass is 10.0. The minimum absolute atomic E-state index is 0.163. The van der Waals surface area contributed by atoms with Crippen LogP contribution in [-0.2, 0) is 0 Å². The average molecular weight is 335 g/mol. The van der Waals surface area contributed by atoms with E-state index in [2.05, 4.69) is 36.5 Å². The van der Waals surface area contributed by atoms with Gasteiger partial charge in [0.25, 0.3) is 0 Å². The zero-order chi connectivity index (χ0) is 17.6. The number of methoxy groups -OCH3 is 2. The number of anilines is 1. The van der Waals surface area contributed by atoms with Crippen molar-refractivity contribution in [2.75, 3.05) is 19.5 Å². The lowest BCUT2D eigenvalue weighted by molar-refractivity contribution is 0.347. The normalized spacial score (nSPS) is 15.1. The fourth-order valence-corrected chi connectivity index (χ4v) is 3.46. The maximum Gasteiger partial charge on any atom is 0.167 e. The lowest BCUT2D eigenvalue weighted by Crippen LogP contribution is -2.26. The molecule has 2 heterocycles. The molecule has 0 saturated carbocycles. The Kier molecular flexibility index (Phi) is 3.64. The van der Waals surface area contributed by atoms with Crippen molar-refractivity contribution in [2.45, 2.75) is 20.0 Å². The zero-order valence-electron chi connectivity index (χ0n) is 14.8. The van der Waals surface area contributed by atoms with Gasteiger partial charge >= 0.3 is 0 Å². The molecule has 5 heteroatoms. The summed E-state index contributed by atoms with van der Waals surface area (Å²) in [6.45, 7) is 4.12. The monoisotopic (exact) mass is 335 g/mol. The van der Waals surface area contributed by atoms with Crippen molar-refractivity contribution in [2.24, 2.45) is 0 Å². The molecule has 0 saturated heterocycles. The van der Waals surface area contributed by atoms with Crippen LogP contribution < -0.4 is 14.8 Å². The number of aromatic nitrogens is 2. The van der Waals surface area contributed by atoms with Crippen LogP contribution in [0.15, 0.2) is 42.5 Å². The maximum atomic E-state index is 5.64. The molecule has 1 N–H and O–H groups in total. The minimum Gasteiger partial charge on any atom is -0.493 e. The number of benzene rings is 2. The van der Waals surface area contributed by atoms with Crippen LogP contribution in [0, 0.1) is 13.8 Å². The topological polar surface area (TPSA) is 48.3 Å². The summed E-state index contributed by atoms with van der Waals surface area (Å²) in [5.74, 6) is 1.43. The summed E-state index contributed by atoms with van der Waals surface area (Å²) in [6.07, 6.45) is -0.163. The summed E-state index contributed by atoms with van der Waals surface area (Å²) < 4.78 is 13.1. The van der Waals surface area contributed by atoms with E-state index in [1.54, 1.807) is 14.2 Å². The number of para-hydroxylation sites is 1. The Morgan fingerprint density at radius 3 is 2.64 bits per heavy atom. The van der Waals surface area contributed by atoms with Crippen LogP contribution in [0.4, 0.5) is 5.69 Å². The van der Waals surface area contributed by atoms with Crippen LogP contribution in [-0.4, -0.2) is 24.0 Å². The van der Waals surface area contributed by atoms with Crippen molar-refractivity contribution in [1.82, 2.24) is 9.78 Å². The first-order valence-corrected chi connectivity index (χ1v) is 8.27. The van der Waals surface area contributed by atoms with E-state index in [-0.39, 0.29) is 6.17 Å². The molecule has 0 radical (unpaired) electrons. The standard InChI is InChI=1S/C20H21N3O2/c1-12-8-9-16-15(10-12)17-11-13(2)22-23(17)20(21-16)14-6-5-7-18(24-3)19(14)25-4/h5-11,20-21H,1-4H3/t20-/m0/s1. The molecule has 2 aromatic carbocycles. The van der Waals surface area contributed by atoms with E-state index >= 15 is 0 Å². The number of hydrogen-bond acceptors (Lipinski definition) is 4. The van der Waals surface area contributed by atoms with Gasteiger partial charge in [-0.1, -0.05) is 23.8 Å². The van der Waals surface area contributed by atoms with Gasteiger partial charge in [-0.3, -0.25) is 0 Å². The quantitative estimate of drug-likeness (QED) is 0.781. The highest BCUT2D eigenvalue weighted by atomic mass is 16.5. The van der Waals surface area contributed by atoms with E-state index < -0.39 is 0 Å². The van der Waals surface area contributed by atoms with E-state index in [0.29, 0.717) is 5.75 Å². The SMILES string of the molecule is COc1cccc([C@H]2Nc3ccc(C)cc3-c3cc(C)nn32)c1OC. The first-order valence-electron chi connectivity index (χ1n) is 8.27. The molecular weight excluding hydrogens is 314 g/mol. The highest BCUT2D eigenvalue weighted by Gasteiger charge is 2.29. The zero-order valence-corrected chi connectivity index (χ0v) is 14.8. The molecule has 3 aromatic rings. The summed E-state index contributed by atoms with van der Waals surface area (Å²) in [5, 5.41) is 8.33. The smallest absolute Gasteiger partial charge is 0.167 e. The van der Waals surface area contributed by atoms with Crippen LogP contribution in [0.25, 0.3) is 11.3 Å². The number of aryl methyl sites for hydroxylation is 2. The number of fused-ring (bicyclic) bond motifs is 3. The first-order chi connectivity index (χ1) is 12.1. The van der Waals surface area contributed by atoms with Gasteiger partial charge in [0.15, 0.2) is 17.7 Å². The van der Waals surface area contributed by atoms with E-state index in [1.807, 2.05) is 29.8 Å². The van der Waals surface area contributed by atoms with E-state index in [1.165, 1.54) is 11.1 Å². The van der Waals surface area contributed by atoms with Crippen LogP contribution >= 0.6 is 0 Å². The first kappa shape index (κ1) is 15.6. The second-order valence-electron chi connectivity index (χ2n) is 6.29. The van der Waals surface area contributed by atoms with Gasteiger partial charge in [-0.2, -0.15) is 5.10 Å². The van der Waals surface area contributed by atoms with Gasteiger partial charge in [-0.15, -0.1) is 0 Å². The summed E-state index contributed by atoms with van der Waals surface area (Å²) in [4.78, 5) is 0. The molecule has 25 heavy (non-hydrogen) atoms. The maximum absolute atomic E-state index is 5.64. The summed E-state index contributed by atoms with van der Waals surface area (Å²) in [6, 6.07) is 14.5. The predicted octanol–water partition coefficient (Wildman–Crippen LogP) is 4.16. The molecule has 1 aliphatic rings. The molecule has 0 amide bonds. The van der Waals surface area contributed by atoms with Crippen molar-refractivity contribution in [3.8, 4) is 22.8 Å². The highest BCUT2D eigenvalue weighted by molar-refractivity contribution is 5.79. The summed E-state index contributed by atoms with van der Waals surface area (Å²) >= 11 is 0. The molecule has 1 atom stereocenters. The molecule has 5 nitrogen and oxygen atoms in total. The van der Waals surface area contributed by atoms with Gasteiger partial charge in [-0.25, -0.2) is 4.68 Å². The van der Waals surface area contributed by atoms with Crippen molar-refractivity contribution < 1.29 is 9.47 Å². The number of nitrogens with one attached hydrogen (secondary N) is 1. The van der Waals surface area contributed by atoms with Gasteiger partial charge in [-0.05, 0) is 38.1 Å². The Morgan fingerprint density at radius 2 is 1.88 bits per heavy atom. The number of hydrogen-bond donors (Lipinski definition) is 1. The molecule has 4 rings (SSSR count). The number of rotatable bonds is 3. The molecular formula is C20H21N3O2. The molecule has 128 valence electrons. The van der Waals surface area contributed by atoms with E-state index in [0.717, 1.165) is 28.4 Å². The van der Waals surface area contributed by atoms with Crippen LogP contribution in [0.2, 0.25) is 0 Å². The van der Waals surface area contributed by atoms with Crippen LogP contribution in [0.3, 0.4) is 0 Å². The van der Waals surface area contributed by atoms with Crippen LogP contribution in [0.1, 0.15) is 23.0 Å². The molecule has 0 fully saturated rings. The van der Waals surface area contributed by atoms with Gasteiger partial charge in [0.05, 0.1) is 25.6 Å². The third-order valence-corrected chi connectivity index (χ3v) is 4.57. The van der Waals surface area contributed by atoms with E-state index in [9.17, 15) is 0 Å². The third-order valence-electron chi connectivity index (χ3n) is 4.57. The Balaban J connectivity index is 1.92. The third kappa shape index (κ3) is 2.43. The molecule has 0 unspecified atom stereocenters. The Morgan fingerprint density at radius 1 is 1.04 bits per heavy atom.